The van der Waals surface area contributed by atoms with E-state index in [0.717, 1.165) is 22.4 Å². The van der Waals surface area contributed by atoms with E-state index in [2.05, 4.69) is 20.9 Å². The summed E-state index contributed by atoms with van der Waals surface area (Å²) in [6, 6.07) is 7.17. The lowest BCUT2D eigenvalue weighted by Crippen LogP contribution is -2.33. The van der Waals surface area contributed by atoms with Crippen LogP contribution in [0.1, 0.15) is 0 Å². The van der Waals surface area contributed by atoms with Gasteiger partial charge in [-0.25, -0.2) is 9.59 Å². The number of hydrogen-bond donors (Lipinski definition) is 3. The zero-order chi connectivity index (χ0) is 20.3. The topological polar surface area (TPSA) is 96.2 Å². The van der Waals surface area contributed by atoms with Gasteiger partial charge in [0.05, 0.1) is 28.1 Å². The SMILES string of the molecule is CN(C)c1cc2c(cc1NC(=O)NCCNc1cccnc1)n(C)c(=O)n2C. The number of amides is 2. The molecule has 2 amide bonds. The van der Waals surface area contributed by atoms with Crippen molar-refractivity contribution in [1.29, 1.82) is 0 Å². The number of pyridine rings is 1. The van der Waals surface area contributed by atoms with Gasteiger partial charge in [-0.05, 0) is 24.3 Å². The van der Waals surface area contributed by atoms with Crippen molar-refractivity contribution in [1.82, 2.24) is 19.4 Å². The van der Waals surface area contributed by atoms with E-state index in [1.54, 1.807) is 35.6 Å². The highest BCUT2D eigenvalue weighted by Gasteiger charge is 2.15. The fourth-order valence-electron chi connectivity index (χ4n) is 3.02. The van der Waals surface area contributed by atoms with E-state index in [4.69, 9.17) is 0 Å². The number of rotatable bonds is 6. The summed E-state index contributed by atoms with van der Waals surface area (Å²) in [4.78, 5) is 30.5. The molecule has 2 heterocycles. The maximum atomic E-state index is 12.3. The predicted molar refractivity (Wildman–Crippen MR) is 112 cm³/mol. The minimum Gasteiger partial charge on any atom is -0.382 e. The van der Waals surface area contributed by atoms with E-state index < -0.39 is 0 Å². The van der Waals surface area contributed by atoms with Crippen LogP contribution >= 0.6 is 0 Å². The van der Waals surface area contributed by atoms with Gasteiger partial charge in [-0.2, -0.15) is 0 Å². The minimum absolute atomic E-state index is 0.109. The molecule has 3 aromatic rings. The number of benzene rings is 1. The summed E-state index contributed by atoms with van der Waals surface area (Å²) in [6.45, 7) is 1.02. The number of nitrogens with zero attached hydrogens (tertiary/aromatic N) is 4. The highest BCUT2D eigenvalue weighted by Crippen LogP contribution is 2.29. The lowest BCUT2D eigenvalue weighted by molar-refractivity contribution is 0.252. The Labute approximate surface area is 163 Å². The number of aryl methyl sites for hydroxylation is 2. The molecule has 2 aromatic heterocycles. The summed E-state index contributed by atoms with van der Waals surface area (Å²) in [5.41, 5.74) is 3.81. The van der Waals surface area contributed by atoms with Crippen molar-refractivity contribution in [3.05, 3.63) is 47.1 Å². The van der Waals surface area contributed by atoms with E-state index in [9.17, 15) is 9.59 Å². The number of carbonyl (C=O) groups is 1. The average Bonchev–Trinajstić information content (AvgIpc) is 2.89. The van der Waals surface area contributed by atoms with E-state index >= 15 is 0 Å². The first-order valence-electron chi connectivity index (χ1n) is 8.94. The van der Waals surface area contributed by atoms with Crippen LogP contribution in [0.25, 0.3) is 11.0 Å². The Morgan fingerprint density at radius 1 is 1.14 bits per heavy atom. The second kappa shape index (κ2) is 8.03. The third-order valence-electron chi connectivity index (χ3n) is 4.52. The third-order valence-corrected chi connectivity index (χ3v) is 4.52. The predicted octanol–water partition coefficient (Wildman–Crippen LogP) is 1.57. The molecular weight excluding hydrogens is 358 g/mol. The number of nitrogens with one attached hydrogen (secondary N) is 3. The molecule has 9 nitrogen and oxygen atoms in total. The van der Waals surface area contributed by atoms with E-state index in [1.807, 2.05) is 43.3 Å². The monoisotopic (exact) mass is 383 g/mol. The van der Waals surface area contributed by atoms with Gasteiger partial charge in [-0.15, -0.1) is 0 Å². The van der Waals surface area contributed by atoms with E-state index in [-0.39, 0.29) is 11.7 Å². The standard InChI is InChI=1S/C19H25N7O2/c1-24(2)15-11-17-16(25(3)19(28)26(17)4)10-14(15)23-18(27)22-9-8-21-13-6-5-7-20-12-13/h5-7,10-12,21H,8-9H2,1-4H3,(H2,22,23,27). The van der Waals surface area contributed by atoms with Crippen molar-refractivity contribution in [3.8, 4) is 0 Å². The van der Waals surface area contributed by atoms with Gasteiger partial charge in [0.25, 0.3) is 0 Å². The van der Waals surface area contributed by atoms with Crippen molar-refractivity contribution >= 4 is 34.1 Å². The Bertz CT molecular complexity index is 1040. The number of fused-ring (bicyclic) bond motifs is 1. The summed E-state index contributed by atoms with van der Waals surface area (Å²) in [6.07, 6.45) is 3.43. The molecule has 0 aliphatic carbocycles. The molecule has 1 aromatic carbocycles. The van der Waals surface area contributed by atoms with Crippen molar-refractivity contribution in [2.75, 3.05) is 42.7 Å². The van der Waals surface area contributed by atoms with Gasteiger partial charge in [-0.3, -0.25) is 14.1 Å². The van der Waals surface area contributed by atoms with Gasteiger partial charge in [0.1, 0.15) is 0 Å². The van der Waals surface area contributed by atoms with E-state index in [0.29, 0.717) is 18.8 Å². The maximum absolute atomic E-state index is 12.3. The quantitative estimate of drug-likeness (QED) is 0.562. The molecule has 0 bridgehead atoms. The summed E-state index contributed by atoms with van der Waals surface area (Å²) in [7, 11) is 7.24. The molecule has 0 aliphatic rings. The molecule has 0 saturated heterocycles. The molecule has 3 N–H and O–H groups in total. The maximum Gasteiger partial charge on any atom is 0.328 e. The molecule has 0 atom stereocenters. The molecule has 9 heteroatoms. The van der Waals surface area contributed by atoms with Crippen molar-refractivity contribution in [2.45, 2.75) is 0 Å². The molecule has 0 aliphatic heterocycles. The molecule has 28 heavy (non-hydrogen) atoms. The Balaban J connectivity index is 1.70. The van der Waals surface area contributed by atoms with Crippen LogP contribution in [-0.2, 0) is 14.1 Å². The van der Waals surface area contributed by atoms with E-state index in [1.165, 1.54) is 0 Å². The van der Waals surface area contributed by atoms with Crippen LogP contribution in [0.2, 0.25) is 0 Å². The fraction of sp³-hybridized carbons (Fsp3) is 0.316. The van der Waals surface area contributed by atoms with Crippen molar-refractivity contribution in [2.24, 2.45) is 14.1 Å². The Hall–Kier alpha value is -3.49. The Morgan fingerprint density at radius 2 is 1.86 bits per heavy atom. The number of anilines is 3. The smallest absolute Gasteiger partial charge is 0.328 e. The van der Waals surface area contributed by atoms with Crippen LogP contribution in [0.15, 0.2) is 41.5 Å². The van der Waals surface area contributed by atoms with Gasteiger partial charge in [0.15, 0.2) is 0 Å². The first-order chi connectivity index (χ1) is 13.4. The molecule has 3 rings (SSSR count). The molecular formula is C19H25N7O2. The molecule has 0 fully saturated rings. The van der Waals surface area contributed by atoms with Gasteiger partial charge in [-0.1, -0.05) is 0 Å². The number of urea groups is 1. The summed E-state index contributed by atoms with van der Waals surface area (Å²) < 4.78 is 3.16. The Kier molecular flexibility index (Phi) is 5.53. The van der Waals surface area contributed by atoms with Gasteiger partial charge < -0.3 is 20.9 Å². The van der Waals surface area contributed by atoms with Gasteiger partial charge in [0, 0.05) is 53.7 Å². The lowest BCUT2D eigenvalue weighted by atomic mass is 10.2. The second-order valence-electron chi connectivity index (χ2n) is 6.70. The highest BCUT2D eigenvalue weighted by atomic mass is 16.2. The number of imidazole rings is 1. The van der Waals surface area contributed by atoms with Crippen molar-refractivity contribution in [3.63, 3.8) is 0 Å². The lowest BCUT2D eigenvalue weighted by Gasteiger charge is -2.19. The molecule has 0 spiro atoms. The zero-order valence-corrected chi connectivity index (χ0v) is 16.5. The highest BCUT2D eigenvalue weighted by molar-refractivity contribution is 5.97. The minimum atomic E-state index is -0.309. The third kappa shape index (κ3) is 3.93. The van der Waals surface area contributed by atoms with Crippen LogP contribution in [0.5, 0.6) is 0 Å². The first-order valence-corrected chi connectivity index (χ1v) is 8.94. The Morgan fingerprint density at radius 3 is 2.50 bits per heavy atom. The van der Waals surface area contributed by atoms with Gasteiger partial charge in [0.2, 0.25) is 0 Å². The first kappa shape index (κ1) is 19.3. The number of hydrogen-bond acceptors (Lipinski definition) is 5. The normalized spacial score (nSPS) is 10.7. The summed E-state index contributed by atoms with van der Waals surface area (Å²) in [5, 5.41) is 8.88. The fourth-order valence-corrected chi connectivity index (χ4v) is 3.02. The summed E-state index contributed by atoms with van der Waals surface area (Å²) in [5.74, 6) is 0. The molecule has 0 saturated carbocycles. The molecule has 0 unspecified atom stereocenters. The van der Waals surface area contributed by atoms with Crippen LogP contribution in [0.3, 0.4) is 0 Å². The van der Waals surface area contributed by atoms with Crippen LogP contribution in [0, 0.1) is 0 Å². The van der Waals surface area contributed by atoms with Gasteiger partial charge >= 0.3 is 11.7 Å². The average molecular weight is 383 g/mol. The number of aromatic nitrogens is 3. The second-order valence-corrected chi connectivity index (χ2v) is 6.70. The number of carbonyl (C=O) groups excluding carboxylic acids is 1. The van der Waals surface area contributed by atoms with Crippen LogP contribution in [-0.4, -0.2) is 47.3 Å². The molecule has 148 valence electrons. The van der Waals surface area contributed by atoms with Crippen LogP contribution in [0.4, 0.5) is 21.9 Å². The van der Waals surface area contributed by atoms with Crippen LogP contribution < -0.4 is 26.5 Å². The van der Waals surface area contributed by atoms with Crippen molar-refractivity contribution < 1.29 is 4.79 Å². The zero-order valence-electron chi connectivity index (χ0n) is 16.5. The molecule has 0 radical (unpaired) electrons. The summed E-state index contributed by atoms with van der Waals surface area (Å²) >= 11 is 0. The largest absolute Gasteiger partial charge is 0.382 e.